The Morgan fingerprint density at radius 1 is 1.02 bits per heavy atom. The average molecular weight is 602 g/mol. The largest absolute Gasteiger partial charge is 0.496 e. The SMILES string of the molecule is COc1cc2ccc1CNC(=O)CCc1ccc(c(OC)c1)OCC(=O)N[C@@H]1CN(C(=O)c3nc4ncccn4n3)C[C@H]1O2. The lowest BCUT2D eigenvalue weighted by molar-refractivity contribution is -0.124. The van der Waals surface area contributed by atoms with Crippen molar-refractivity contribution in [2.45, 2.75) is 31.5 Å². The Bertz CT molecular complexity index is 1680. The molecule has 1 fully saturated rings. The fourth-order valence-electron chi connectivity index (χ4n) is 5.20. The van der Waals surface area contributed by atoms with Crippen LogP contribution in [0.5, 0.6) is 23.0 Å². The molecule has 0 saturated carbocycles. The first-order valence-corrected chi connectivity index (χ1v) is 14.1. The van der Waals surface area contributed by atoms with E-state index in [2.05, 4.69) is 25.7 Å². The van der Waals surface area contributed by atoms with E-state index in [-0.39, 0.29) is 44.4 Å². The van der Waals surface area contributed by atoms with Crippen LogP contribution in [0.15, 0.2) is 54.9 Å². The van der Waals surface area contributed by atoms with Crippen LogP contribution in [0.4, 0.5) is 0 Å². The summed E-state index contributed by atoms with van der Waals surface area (Å²) in [6, 6.07) is 11.7. The molecular formula is C30H31N7O7. The molecule has 5 aliphatic rings. The zero-order valence-electron chi connectivity index (χ0n) is 24.2. The molecule has 228 valence electrons. The third-order valence-electron chi connectivity index (χ3n) is 7.46. The number of amides is 3. The summed E-state index contributed by atoms with van der Waals surface area (Å²) in [5.41, 5.74) is 1.65. The van der Waals surface area contributed by atoms with Crippen LogP contribution in [0, 0.1) is 0 Å². The van der Waals surface area contributed by atoms with Crippen molar-refractivity contribution in [3.8, 4) is 23.0 Å². The van der Waals surface area contributed by atoms with Gasteiger partial charge in [0.15, 0.2) is 18.1 Å². The smallest absolute Gasteiger partial charge is 0.293 e. The van der Waals surface area contributed by atoms with Gasteiger partial charge in [-0.2, -0.15) is 4.98 Å². The van der Waals surface area contributed by atoms with Gasteiger partial charge >= 0.3 is 0 Å². The molecule has 9 rings (SSSR count). The van der Waals surface area contributed by atoms with Gasteiger partial charge in [0.1, 0.15) is 17.6 Å². The standard InChI is InChI=1S/C30H31N7O7/c1-41-23-13-20-7-6-19(23)14-32-26(38)9-5-18-4-8-22(24(12-18)42-2)43-17-27(39)33-21-15-36(16-25(21)44-20)29(40)28-34-30-31-10-3-11-37(30)35-28/h3-4,6-8,10-13,21,25H,5,9,14-17H2,1-2H3,(H,32,38)(H,33,39)/t21-,25-/m1/s1. The molecule has 0 aliphatic carbocycles. The van der Waals surface area contributed by atoms with Crippen molar-refractivity contribution < 1.29 is 33.3 Å². The van der Waals surface area contributed by atoms with Crippen LogP contribution in [0.1, 0.15) is 28.2 Å². The number of carbonyl (C=O) groups is 3. The molecule has 2 aromatic heterocycles. The highest BCUT2D eigenvalue weighted by Crippen LogP contribution is 2.30. The van der Waals surface area contributed by atoms with Gasteiger partial charge < -0.3 is 34.5 Å². The Balaban J connectivity index is 1.27. The molecule has 3 amide bonds. The Kier molecular flexibility index (Phi) is 8.12. The van der Waals surface area contributed by atoms with Crippen molar-refractivity contribution in [2.24, 2.45) is 0 Å². The van der Waals surface area contributed by atoms with Gasteiger partial charge in [0.2, 0.25) is 11.7 Å². The van der Waals surface area contributed by atoms with E-state index in [4.69, 9.17) is 18.9 Å². The predicted octanol–water partition coefficient (Wildman–Crippen LogP) is 1.17. The summed E-state index contributed by atoms with van der Waals surface area (Å²) in [5, 5.41) is 10.1. The molecule has 2 N–H and O–H groups in total. The fourth-order valence-corrected chi connectivity index (χ4v) is 5.20. The second kappa shape index (κ2) is 12.5. The Labute approximate surface area is 252 Å². The van der Waals surface area contributed by atoms with Gasteiger partial charge in [0.05, 0.1) is 26.8 Å². The Hall–Kier alpha value is -5.40. The minimum atomic E-state index is -0.618. The summed E-state index contributed by atoms with van der Waals surface area (Å²) in [6.45, 7) is 0.279. The minimum Gasteiger partial charge on any atom is -0.496 e. The van der Waals surface area contributed by atoms with Gasteiger partial charge in [-0.3, -0.25) is 14.4 Å². The molecule has 0 radical (unpaired) electrons. The molecule has 14 nitrogen and oxygen atoms in total. The molecular weight excluding hydrogens is 570 g/mol. The fraction of sp³-hybridized carbons (Fsp3) is 0.333. The molecule has 2 aromatic carbocycles. The number of carbonyl (C=O) groups excluding carboxylic acids is 3. The Morgan fingerprint density at radius 3 is 2.70 bits per heavy atom. The van der Waals surface area contributed by atoms with E-state index in [9.17, 15) is 14.4 Å². The van der Waals surface area contributed by atoms with E-state index in [1.165, 1.54) is 23.6 Å². The number of rotatable bonds is 3. The van der Waals surface area contributed by atoms with Gasteiger partial charge in [-0.1, -0.05) is 6.07 Å². The number of ether oxygens (including phenoxy) is 4. The van der Waals surface area contributed by atoms with Crippen molar-refractivity contribution in [1.29, 1.82) is 0 Å². The molecule has 7 heterocycles. The van der Waals surface area contributed by atoms with Crippen LogP contribution in [0.2, 0.25) is 0 Å². The predicted molar refractivity (Wildman–Crippen MR) is 155 cm³/mol. The number of aromatic nitrogens is 4. The summed E-state index contributed by atoms with van der Waals surface area (Å²) in [4.78, 5) is 49.0. The zero-order valence-corrected chi connectivity index (χ0v) is 24.2. The maximum Gasteiger partial charge on any atom is 0.293 e. The summed E-state index contributed by atoms with van der Waals surface area (Å²) >= 11 is 0. The average Bonchev–Trinajstić information content (AvgIpc) is 3.65. The third kappa shape index (κ3) is 6.19. The van der Waals surface area contributed by atoms with Crippen LogP contribution in [0.25, 0.3) is 5.78 Å². The van der Waals surface area contributed by atoms with E-state index in [1.807, 2.05) is 12.1 Å². The number of methoxy groups -OCH3 is 2. The topological polar surface area (TPSA) is 159 Å². The van der Waals surface area contributed by atoms with Crippen LogP contribution >= 0.6 is 0 Å². The molecule has 44 heavy (non-hydrogen) atoms. The van der Waals surface area contributed by atoms with Gasteiger partial charge in [-0.25, -0.2) is 9.50 Å². The number of fused-ring (bicyclic) bond motifs is 1. The molecule has 5 aliphatic heterocycles. The maximum atomic E-state index is 13.4. The van der Waals surface area contributed by atoms with Crippen LogP contribution in [-0.2, 0) is 22.6 Å². The number of nitrogens with zero attached hydrogens (tertiary/aromatic N) is 5. The normalized spacial score (nSPS) is 19.0. The van der Waals surface area contributed by atoms with Crippen molar-refractivity contribution in [1.82, 2.24) is 35.1 Å². The van der Waals surface area contributed by atoms with Crippen molar-refractivity contribution in [2.75, 3.05) is 33.9 Å². The first-order chi connectivity index (χ1) is 21.4. The third-order valence-corrected chi connectivity index (χ3v) is 7.46. The van der Waals surface area contributed by atoms with E-state index in [0.29, 0.717) is 35.2 Å². The quantitative estimate of drug-likeness (QED) is 0.349. The second-order valence-corrected chi connectivity index (χ2v) is 10.4. The molecule has 14 heteroatoms. The second-order valence-electron chi connectivity index (χ2n) is 10.4. The number of likely N-dealkylation sites (tertiary alicyclic amines) is 1. The number of nitrogens with one attached hydrogen (secondary N) is 2. The van der Waals surface area contributed by atoms with Gasteiger partial charge in [0, 0.05) is 43.5 Å². The highest BCUT2D eigenvalue weighted by atomic mass is 16.5. The van der Waals surface area contributed by atoms with Crippen LogP contribution < -0.4 is 29.6 Å². The van der Waals surface area contributed by atoms with E-state index >= 15 is 0 Å². The zero-order chi connectivity index (χ0) is 30.6. The minimum absolute atomic E-state index is 0.0151. The molecule has 0 spiro atoms. The monoisotopic (exact) mass is 601 g/mol. The summed E-state index contributed by atoms with van der Waals surface area (Å²) in [6.07, 6.45) is 3.37. The highest BCUT2D eigenvalue weighted by Gasteiger charge is 2.39. The maximum absolute atomic E-state index is 13.4. The summed E-state index contributed by atoms with van der Waals surface area (Å²) < 4.78 is 24.6. The van der Waals surface area contributed by atoms with E-state index in [0.717, 1.165) is 11.1 Å². The number of benzene rings is 2. The van der Waals surface area contributed by atoms with Gasteiger partial charge in [0.25, 0.3) is 17.6 Å². The van der Waals surface area contributed by atoms with Crippen molar-refractivity contribution in [3.05, 3.63) is 71.8 Å². The summed E-state index contributed by atoms with van der Waals surface area (Å²) in [7, 11) is 3.05. The van der Waals surface area contributed by atoms with E-state index in [1.54, 1.807) is 42.7 Å². The van der Waals surface area contributed by atoms with Crippen molar-refractivity contribution >= 4 is 23.5 Å². The first-order valence-electron chi connectivity index (χ1n) is 14.1. The van der Waals surface area contributed by atoms with E-state index < -0.39 is 24.0 Å². The lowest BCUT2D eigenvalue weighted by atomic mass is 10.1. The molecule has 4 bridgehead atoms. The number of aryl methyl sites for hydroxylation is 1. The molecule has 4 aromatic rings. The molecule has 2 atom stereocenters. The Morgan fingerprint density at radius 2 is 1.89 bits per heavy atom. The number of hydrogen-bond acceptors (Lipinski definition) is 10. The van der Waals surface area contributed by atoms with Gasteiger partial charge in [-0.05, 0) is 42.3 Å². The van der Waals surface area contributed by atoms with Crippen LogP contribution in [-0.4, -0.2) is 88.3 Å². The van der Waals surface area contributed by atoms with Gasteiger partial charge in [-0.15, -0.1) is 5.10 Å². The van der Waals surface area contributed by atoms with Crippen molar-refractivity contribution in [3.63, 3.8) is 0 Å². The first kappa shape index (κ1) is 28.7. The molecule has 0 unspecified atom stereocenters. The lowest BCUT2D eigenvalue weighted by Crippen LogP contribution is -2.46. The highest BCUT2D eigenvalue weighted by molar-refractivity contribution is 5.91. The molecule has 1 saturated heterocycles. The number of hydrogen-bond donors (Lipinski definition) is 2. The summed E-state index contributed by atoms with van der Waals surface area (Å²) in [5.74, 6) is 1.17. The lowest BCUT2D eigenvalue weighted by Gasteiger charge is -2.22. The van der Waals surface area contributed by atoms with Crippen LogP contribution in [0.3, 0.4) is 0 Å².